The van der Waals surface area contributed by atoms with Crippen LogP contribution in [0, 0.1) is 5.82 Å². The van der Waals surface area contributed by atoms with Crippen LogP contribution in [0.5, 0.6) is 0 Å². The van der Waals surface area contributed by atoms with Crippen LogP contribution in [0.4, 0.5) is 15.0 Å². The number of halogens is 1. The maximum Gasteiger partial charge on any atom is 0.410 e. The van der Waals surface area contributed by atoms with E-state index in [9.17, 15) is 23.6 Å². The van der Waals surface area contributed by atoms with Crippen LogP contribution < -0.4 is 10.9 Å². The summed E-state index contributed by atoms with van der Waals surface area (Å²) in [6, 6.07) is 4.16. The van der Waals surface area contributed by atoms with E-state index in [1.807, 2.05) is 6.92 Å². The van der Waals surface area contributed by atoms with Gasteiger partial charge in [0.2, 0.25) is 5.91 Å². The summed E-state index contributed by atoms with van der Waals surface area (Å²) in [6.07, 6.45) is 0.566. The number of nitrogens with zero attached hydrogens (tertiary/aromatic N) is 6. The number of hydrogen-bond acceptors (Lipinski definition) is 8. The Morgan fingerprint density at radius 2 is 2.02 bits per heavy atom. The van der Waals surface area contributed by atoms with Crippen molar-refractivity contribution in [3.05, 3.63) is 57.5 Å². The lowest BCUT2D eigenvalue weighted by molar-refractivity contribution is -0.116. The molecule has 41 heavy (non-hydrogen) atoms. The number of aryl methyl sites for hydroxylation is 1. The Morgan fingerprint density at radius 1 is 1.24 bits per heavy atom. The van der Waals surface area contributed by atoms with E-state index < -0.39 is 41.0 Å². The number of pyridine rings is 1. The molecule has 0 aromatic carbocycles. The monoisotopic (exact) mass is 569 g/mol. The van der Waals surface area contributed by atoms with Gasteiger partial charge in [0.05, 0.1) is 43.3 Å². The van der Waals surface area contributed by atoms with Crippen LogP contribution in [0.3, 0.4) is 0 Å². The summed E-state index contributed by atoms with van der Waals surface area (Å²) >= 11 is 0. The molecule has 1 N–H and O–H groups in total. The van der Waals surface area contributed by atoms with Crippen LogP contribution in [0.2, 0.25) is 0 Å². The lowest BCUT2D eigenvalue weighted by Gasteiger charge is -2.35. The van der Waals surface area contributed by atoms with E-state index >= 15 is 0 Å². The summed E-state index contributed by atoms with van der Waals surface area (Å²) in [5.41, 5.74) is 0.134. The number of rotatable bonds is 6. The van der Waals surface area contributed by atoms with Crippen molar-refractivity contribution in [1.82, 2.24) is 29.0 Å². The molecule has 2 aliphatic rings. The standard InChI is InChI=1S/C27H32FN7O6/c1-5-17-10-22-34(15-21(36)30-20-7-6-16(28)11-29-20)23-19(24(37)35(22)31-17)14-33(25(23)38)13-18-12-32(8-9-40-18)26(39)41-27(2,3)4/h6-7,10-11,18H,5,8-9,12-15H2,1-4H3,(H,29,30,36)/t18-/m0/s1. The Bertz CT molecular complexity index is 1560. The molecule has 218 valence electrons. The summed E-state index contributed by atoms with van der Waals surface area (Å²) in [5, 5.41) is 6.97. The molecule has 13 nitrogen and oxygen atoms in total. The normalized spacial score (nSPS) is 17.2. The summed E-state index contributed by atoms with van der Waals surface area (Å²) < 4.78 is 27.2. The highest BCUT2D eigenvalue weighted by molar-refractivity contribution is 5.98. The molecule has 1 saturated heterocycles. The molecule has 3 aromatic rings. The first-order chi connectivity index (χ1) is 19.4. The van der Waals surface area contributed by atoms with Gasteiger partial charge < -0.3 is 29.2 Å². The summed E-state index contributed by atoms with van der Waals surface area (Å²) in [5.74, 6) is -1.36. The Hall–Kier alpha value is -4.33. The quantitative estimate of drug-likeness (QED) is 0.474. The predicted octanol–water partition coefficient (Wildman–Crippen LogP) is 1.82. The van der Waals surface area contributed by atoms with E-state index in [1.54, 1.807) is 31.7 Å². The minimum absolute atomic E-state index is 0.00229. The molecule has 5 heterocycles. The number of amides is 3. The van der Waals surface area contributed by atoms with E-state index in [4.69, 9.17) is 9.47 Å². The first-order valence-corrected chi connectivity index (χ1v) is 13.4. The highest BCUT2D eigenvalue weighted by Crippen LogP contribution is 2.24. The molecule has 0 saturated carbocycles. The molecule has 0 unspecified atom stereocenters. The lowest BCUT2D eigenvalue weighted by Crippen LogP contribution is -2.50. The van der Waals surface area contributed by atoms with Gasteiger partial charge in [-0.05, 0) is 39.3 Å². The molecule has 0 radical (unpaired) electrons. The van der Waals surface area contributed by atoms with Crippen LogP contribution in [0.25, 0.3) is 5.65 Å². The largest absolute Gasteiger partial charge is 0.444 e. The number of anilines is 1. The highest BCUT2D eigenvalue weighted by Gasteiger charge is 2.38. The van der Waals surface area contributed by atoms with E-state index in [1.165, 1.54) is 26.1 Å². The average Bonchev–Trinajstić information content (AvgIpc) is 3.49. The highest BCUT2D eigenvalue weighted by atomic mass is 19.1. The summed E-state index contributed by atoms with van der Waals surface area (Å²) in [6.45, 7) is 7.91. The third-order valence-electron chi connectivity index (χ3n) is 6.74. The zero-order valence-electron chi connectivity index (χ0n) is 23.3. The van der Waals surface area contributed by atoms with Crippen molar-refractivity contribution in [2.75, 3.05) is 31.6 Å². The maximum absolute atomic E-state index is 13.7. The topological polar surface area (TPSA) is 140 Å². The van der Waals surface area contributed by atoms with Crippen molar-refractivity contribution in [3.63, 3.8) is 0 Å². The van der Waals surface area contributed by atoms with Gasteiger partial charge >= 0.3 is 6.09 Å². The second-order valence-electron chi connectivity index (χ2n) is 11.0. The van der Waals surface area contributed by atoms with E-state index in [-0.39, 0.29) is 49.9 Å². The summed E-state index contributed by atoms with van der Waals surface area (Å²) in [4.78, 5) is 59.6. The zero-order chi connectivity index (χ0) is 29.5. The van der Waals surface area contributed by atoms with Crippen LogP contribution in [-0.4, -0.2) is 84.8 Å². The van der Waals surface area contributed by atoms with Crippen LogP contribution >= 0.6 is 0 Å². The van der Waals surface area contributed by atoms with Crippen molar-refractivity contribution < 1.29 is 28.2 Å². The lowest BCUT2D eigenvalue weighted by atomic mass is 10.2. The number of morpholine rings is 1. The van der Waals surface area contributed by atoms with E-state index in [2.05, 4.69) is 15.4 Å². The molecular weight excluding hydrogens is 537 g/mol. The van der Waals surface area contributed by atoms with Crippen molar-refractivity contribution >= 4 is 29.4 Å². The van der Waals surface area contributed by atoms with Crippen molar-refractivity contribution in [1.29, 1.82) is 0 Å². The molecule has 0 bridgehead atoms. The first-order valence-electron chi connectivity index (χ1n) is 13.4. The second kappa shape index (κ2) is 10.9. The fourth-order valence-corrected chi connectivity index (χ4v) is 4.89. The summed E-state index contributed by atoms with van der Waals surface area (Å²) in [7, 11) is 0. The number of carbonyl (C=O) groups excluding carboxylic acids is 3. The molecule has 5 rings (SSSR count). The number of ether oxygens (including phenoxy) is 2. The first kappa shape index (κ1) is 28.2. The number of aromatic nitrogens is 4. The average molecular weight is 570 g/mol. The second-order valence-corrected chi connectivity index (χ2v) is 11.0. The van der Waals surface area contributed by atoms with Gasteiger partial charge in [-0.25, -0.2) is 14.2 Å². The molecule has 1 atom stereocenters. The molecule has 0 aliphatic carbocycles. The Balaban J connectivity index is 1.40. The van der Waals surface area contributed by atoms with Gasteiger partial charge in [-0.2, -0.15) is 9.61 Å². The minimum atomic E-state index is -0.649. The van der Waals surface area contributed by atoms with Gasteiger partial charge in [0.25, 0.3) is 11.5 Å². The number of nitrogens with one attached hydrogen (secondary N) is 1. The van der Waals surface area contributed by atoms with Gasteiger partial charge in [-0.3, -0.25) is 14.4 Å². The number of hydrogen-bond donors (Lipinski definition) is 1. The predicted molar refractivity (Wildman–Crippen MR) is 144 cm³/mol. The van der Waals surface area contributed by atoms with Crippen molar-refractivity contribution in [3.8, 4) is 0 Å². The van der Waals surface area contributed by atoms with E-state index in [0.29, 0.717) is 24.3 Å². The maximum atomic E-state index is 13.7. The third-order valence-corrected chi connectivity index (χ3v) is 6.74. The molecule has 14 heteroatoms. The number of carbonyl (C=O) groups is 3. The Labute approximate surface area is 234 Å². The van der Waals surface area contributed by atoms with Gasteiger partial charge in [0.15, 0.2) is 0 Å². The molecular formula is C27H32FN7O6. The molecule has 3 amide bonds. The molecule has 3 aromatic heterocycles. The smallest absolute Gasteiger partial charge is 0.410 e. The molecule has 0 spiro atoms. The van der Waals surface area contributed by atoms with E-state index in [0.717, 1.165) is 6.20 Å². The minimum Gasteiger partial charge on any atom is -0.444 e. The van der Waals surface area contributed by atoms with Crippen molar-refractivity contribution in [2.24, 2.45) is 0 Å². The van der Waals surface area contributed by atoms with Gasteiger partial charge in [-0.1, -0.05) is 6.92 Å². The Kier molecular flexibility index (Phi) is 7.51. The fraction of sp³-hybridized carbons (Fsp3) is 0.481. The van der Waals surface area contributed by atoms with Crippen LogP contribution in [-0.2, 0) is 33.8 Å². The Morgan fingerprint density at radius 3 is 2.71 bits per heavy atom. The van der Waals surface area contributed by atoms with Gasteiger partial charge in [0, 0.05) is 19.2 Å². The van der Waals surface area contributed by atoms with Crippen LogP contribution in [0.1, 0.15) is 49.4 Å². The number of fused-ring (bicyclic) bond motifs is 2. The van der Waals surface area contributed by atoms with Crippen LogP contribution in [0.15, 0.2) is 29.2 Å². The fourth-order valence-electron chi connectivity index (χ4n) is 4.89. The van der Waals surface area contributed by atoms with Gasteiger partial charge in [0.1, 0.15) is 35.1 Å². The molecule has 2 aliphatic heterocycles. The molecule has 1 fully saturated rings. The zero-order valence-corrected chi connectivity index (χ0v) is 23.3. The van der Waals surface area contributed by atoms with Crippen molar-refractivity contribution in [2.45, 2.75) is 58.9 Å². The third kappa shape index (κ3) is 5.92. The van der Waals surface area contributed by atoms with Gasteiger partial charge in [-0.15, -0.1) is 0 Å². The SMILES string of the molecule is CCc1cc2n(CC(=O)Nc3ccc(F)cn3)c3c(c(=O)n2n1)CN(C[C@@H]1CN(C(=O)OC(C)(C)C)CCO1)C3=O.